The number of carboxylic acids is 1. The first kappa shape index (κ1) is 32.8. The standard InChI is InChI=1S/C27H25F5N4O.C2HF3O2/c28-17-3-4-20(29)19(13-17)18-7-11-34-23(15-5-8-27(31,32)9-6-15)24(18)36-26(37)16-12-21(30)25(35-14-16)22-2-1-10-33-22;3-2(4,5)1(6)7/h3-4,7,11-15,22,33H,1-2,5-6,8-10H2,(H,36,37);(H,6,7)/t22-;/m1./s1. The van der Waals surface area contributed by atoms with Gasteiger partial charge < -0.3 is 15.7 Å². The molecule has 3 N–H and O–H groups in total. The van der Waals surface area contributed by atoms with Crippen molar-refractivity contribution in [1.29, 1.82) is 0 Å². The number of halogens is 8. The van der Waals surface area contributed by atoms with Crippen LogP contribution in [0, 0.1) is 17.5 Å². The van der Waals surface area contributed by atoms with E-state index < -0.39 is 47.3 Å². The number of aromatic nitrogens is 2. The summed E-state index contributed by atoms with van der Waals surface area (Å²) in [6, 6.07) is 5.20. The number of alkyl halides is 5. The second-order valence-corrected chi connectivity index (χ2v) is 10.4. The molecule has 2 aliphatic rings. The van der Waals surface area contributed by atoms with E-state index in [0.717, 1.165) is 43.7 Å². The number of aliphatic carboxylic acids is 1. The molecule has 236 valence electrons. The van der Waals surface area contributed by atoms with Crippen molar-refractivity contribution >= 4 is 17.6 Å². The summed E-state index contributed by atoms with van der Waals surface area (Å²) in [4.78, 5) is 30.6. The average molecular weight is 631 g/mol. The van der Waals surface area contributed by atoms with E-state index in [1.807, 2.05) is 0 Å². The second-order valence-electron chi connectivity index (χ2n) is 10.4. The summed E-state index contributed by atoms with van der Waals surface area (Å²) in [5, 5.41) is 13.0. The molecule has 1 aromatic carbocycles. The van der Waals surface area contributed by atoms with Crippen molar-refractivity contribution in [3.8, 4) is 11.1 Å². The van der Waals surface area contributed by atoms with E-state index in [2.05, 4.69) is 20.6 Å². The Labute approximate surface area is 245 Å². The highest BCUT2D eigenvalue weighted by molar-refractivity contribution is 6.06. The van der Waals surface area contributed by atoms with E-state index in [1.165, 1.54) is 18.5 Å². The molecule has 1 aliphatic heterocycles. The first-order chi connectivity index (χ1) is 20.7. The molecule has 1 atom stereocenters. The Morgan fingerprint density at radius 3 is 2.20 bits per heavy atom. The van der Waals surface area contributed by atoms with Crippen LogP contribution in [0.4, 0.5) is 40.8 Å². The summed E-state index contributed by atoms with van der Waals surface area (Å²) in [7, 11) is 0. The lowest BCUT2D eigenvalue weighted by molar-refractivity contribution is -0.192. The van der Waals surface area contributed by atoms with E-state index in [9.17, 15) is 39.9 Å². The van der Waals surface area contributed by atoms with E-state index in [0.29, 0.717) is 5.69 Å². The van der Waals surface area contributed by atoms with Crippen molar-refractivity contribution in [3.63, 3.8) is 0 Å². The van der Waals surface area contributed by atoms with Crippen LogP contribution in [0.3, 0.4) is 0 Å². The van der Waals surface area contributed by atoms with Crippen LogP contribution >= 0.6 is 0 Å². The summed E-state index contributed by atoms with van der Waals surface area (Å²) in [5.41, 5.74) is 0.552. The zero-order valence-electron chi connectivity index (χ0n) is 22.8. The van der Waals surface area contributed by atoms with Crippen LogP contribution in [0.2, 0.25) is 0 Å². The minimum Gasteiger partial charge on any atom is -0.475 e. The minimum atomic E-state index is -5.08. The molecule has 0 bridgehead atoms. The molecule has 1 amide bonds. The largest absolute Gasteiger partial charge is 0.490 e. The Bertz CT molecular complexity index is 1520. The van der Waals surface area contributed by atoms with Crippen molar-refractivity contribution in [2.45, 2.75) is 62.6 Å². The van der Waals surface area contributed by atoms with Crippen molar-refractivity contribution in [2.24, 2.45) is 0 Å². The van der Waals surface area contributed by atoms with Crippen molar-refractivity contribution < 1.29 is 49.8 Å². The van der Waals surface area contributed by atoms with E-state index in [-0.39, 0.29) is 59.8 Å². The van der Waals surface area contributed by atoms with Crippen LogP contribution in [-0.2, 0) is 4.79 Å². The maximum Gasteiger partial charge on any atom is 0.490 e. The van der Waals surface area contributed by atoms with Gasteiger partial charge in [-0.1, -0.05) is 0 Å². The molecule has 1 aliphatic carbocycles. The molecule has 1 saturated heterocycles. The van der Waals surface area contributed by atoms with Crippen LogP contribution in [-0.4, -0.2) is 45.6 Å². The van der Waals surface area contributed by atoms with Gasteiger partial charge in [-0.2, -0.15) is 13.2 Å². The van der Waals surface area contributed by atoms with Crippen LogP contribution in [0.15, 0.2) is 42.7 Å². The number of pyridine rings is 2. The topological polar surface area (TPSA) is 104 Å². The predicted octanol–water partition coefficient (Wildman–Crippen LogP) is 7.16. The number of anilines is 1. The molecule has 7 nitrogen and oxygen atoms in total. The van der Waals surface area contributed by atoms with Gasteiger partial charge in [0.2, 0.25) is 5.92 Å². The molecule has 3 heterocycles. The number of carbonyl (C=O) groups excluding carboxylic acids is 1. The molecule has 15 heteroatoms. The lowest BCUT2D eigenvalue weighted by atomic mass is 9.83. The van der Waals surface area contributed by atoms with Gasteiger partial charge >= 0.3 is 12.1 Å². The fraction of sp³-hybridized carbons (Fsp3) is 0.379. The fourth-order valence-electron chi connectivity index (χ4n) is 5.09. The maximum atomic E-state index is 14.8. The molecule has 0 spiro atoms. The third-order valence-electron chi connectivity index (χ3n) is 7.31. The van der Waals surface area contributed by atoms with Gasteiger partial charge in [-0.25, -0.2) is 26.7 Å². The summed E-state index contributed by atoms with van der Waals surface area (Å²) in [6.07, 6.45) is -1.31. The molecular weight excluding hydrogens is 604 g/mol. The summed E-state index contributed by atoms with van der Waals surface area (Å²) >= 11 is 0. The molecule has 3 aromatic rings. The van der Waals surface area contributed by atoms with Gasteiger partial charge in [-0.3, -0.25) is 14.8 Å². The molecule has 2 aromatic heterocycles. The third-order valence-corrected chi connectivity index (χ3v) is 7.31. The Balaban J connectivity index is 0.000000566. The Morgan fingerprint density at radius 2 is 1.61 bits per heavy atom. The van der Waals surface area contributed by atoms with Crippen LogP contribution in [0.25, 0.3) is 11.1 Å². The molecule has 44 heavy (non-hydrogen) atoms. The molecular formula is C29H26F8N4O3. The van der Waals surface area contributed by atoms with Crippen LogP contribution < -0.4 is 10.6 Å². The van der Waals surface area contributed by atoms with Crippen molar-refractivity contribution in [3.05, 3.63) is 77.1 Å². The summed E-state index contributed by atoms with van der Waals surface area (Å²) in [5.74, 6) is -8.76. The highest BCUT2D eigenvalue weighted by atomic mass is 19.4. The summed E-state index contributed by atoms with van der Waals surface area (Å²) in [6.45, 7) is 0.754. The average Bonchev–Trinajstić information content (AvgIpc) is 3.49. The fourth-order valence-corrected chi connectivity index (χ4v) is 5.09. The first-order valence-corrected chi connectivity index (χ1v) is 13.5. The number of nitrogens with zero attached hydrogens (tertiary/aromatic N) is 2. The zero-order valence-corrected chi connectivity index (χ0v) is 22.8. The lowest BCUT2D eigenvalue weighted by Crippen LogP contribution is -2.25. The number of hydrogen-bond donors (Lipinski definition) is 3. The van der Waals surface area contributed by atoms with Gasteiger partial charge in [-0.05, 0) is 62.6 Å². The molecule has 5 rings (SSSR count). The Hall–Kier alpha value is -4.14. The van der Waals surface area contributed by atoms with Gasteiger partial charge in [0.05, 0.1) is 28.7 Å². The number of amides is 1. The molecule has 1 saturated carbocycles. The normalized spacial score (nSPS) is 18.3. The number of hydrogen-bond acceptors (Lipinski definition) is 5. The SMILES string of the molecule is O=C(Nc1c(-c2cc(F)ccc2F)ccnc1C1CCC(F)(F)CC1)c1cnc([C@H]2CCCN2)c(F)c1.O=C(O)C(F)(F)F. The van der Waals surface area contributed by atoms with Gasteiger partial charge in [0, 0.05) is 42.3 Å². The van der Waals surface area contributed by atoms with E-state index >= 15 is 0 Å². The number of carbonyl (C=O) groups is 2. The molecule has 0 unspecified atom stereocenters. The zero-order chi connectivity index (χ0) is 32.2. The second kappa shape index (κ2) is 13.2. The highest BCUT2D eigenvalue weighted by Crippen LogP contribution is 2.44. The maximum absolute atomic E-state index is 14.8. The number of benzene rings is 1. The number of rotatable bonds is 5. The number of nitrogens with one attached hydrogen (secondary N) is 2. The van der Waals surface area contributed by atoms with Gasteiger partial charge in [0.1, 0.15) is 17.5 Å². The Kier molecular flexibility index (Phi) is 9.86. The van der Waals surface area contributed by atoms with Crippen molar-refractivity contribution in [2.75, 3.05) is 11.9 Å². The highest BCUT2D eigenvalue weighted by Gasteiger charge is 2.38. The monoisotopic (exact) mass is 630 g/mol. The summed E-state index contributed by atoms with van der Waals surface area (Å²) < 4.78 is 103. The van der Waals surface area contributed by atoms with E-state index in [1.54, 1.807) is 0 Å². The molecule has 0 radical (unpaired) electrons. The van der Waals surface area contributed by atoms with Crippen LogP contribution in [0.1, 0.15) is 72.2 Å². The van der Waals surface area contributed by atoms with Gasteiger partial charge in [-0.15, -0.1) is 0 Å². The quantitative estimate of drug-likeness (QED) is 0.259. The van der Waals surface area contributed by atoms with Crippen LogP contribution in [0.5, 0.6) is 0 Å². The lowest BCUT2D eigenvalue weighted by Gasteiger charge is -2.29. The Morgan fingerprint density at radius 1 is 0.932 bits per heavy atom. The third kappa shape index (κ3) is 7.87. The predicted molar refractivity (Wildman–Crippen MR) is 142 cm³/mol. The smallest absolute Gasteiger partial charge is 0.475 e. The van der Waals surface area contributed by atoms with Crippen molar-refractivity contribution in [1.82, 2.24) is 15.3 Å². The van der Waals surface area contributed by atoms with E-state index in [4.69, 9.17) is 9.90 Å². The minimum absolute atomic E-state index is 0.0742. The first-order valence-electron chi connectivity index (χ1n) is 13.5. The molecule has 2 fully saturated rings. The van der Waals surface area contributed by atoms with Gasteiger partial charge in [0.15, 0.2) is 0 Å². The number of carboxylic acid groups (broad SMARTS) is 1. The van der Waals surface area contributed by atoms with Gasteiger partial charge in [0.25, 0.3) is 5.91 Å².